The molecule has 0 N–H and O–H groups in total. The summed E-state index contributed by atoms with van der Waals surface area (Å²) in [5.74, 6) is 3.25. The minimum absolute atomic E-state index is 0.0652. The number of amidine groups is 1. The fourth-order valence-corrected chi connectivity index (χ4v) is 12.8. The van der Waals surface area contributed by atoms with Gasteiger partial charge in [-0.1, -0.05) is 178 Å². The molecule has 10 rings (SSSR count). The minimum atomic E-state index is -0.637. The number of fused-ring (bicyclic) bond motifs is 2. The van der Waals surface area contributed by atoms with Crippen LogP contribution in [0.2, 0.25) is 0 Å². The van der Waals surface area contributed by atoms with Crippen molar-refractivity contribution in [2.75, 3.05) is 9.80 Å². The number of pyridine rings is 1. The Morgan fingerprint density at radius 3 is 1.62 bits per heavy atom. The number of ether oxygens (including phenoxy) is 1. The largest absolute Gasteiger partial charge is 0.457 e. The summed E-state index contributed by atoms with van der Waals surface area (Å²) in [4.78, 5) is 16.2. The van der Waals surface area contributed by atoms with Gasteiger partial charge in [-0.15, -0.1) is 0 Å². The minimum Gasteiger partial charge on any atom is -0.457 e. The SMILES string of the molecule is Cc1cc(C)c(-c2cc(Oc3cc4c(cc3C)C(C)(C)c3cc(C)ccc3N4c3cc(C(C)(C)C)ccn3)cc(C3=NC(C)(C)[C@](C)(C(c4ccccc4)c4ccccc4)N3c3cc(C(C)(C)C)cc(C(C)(C)C)c3)c2)c(C)c1. The van der Waals surface area contributed by atoms with E-state index in [-0.39, 0.29) is 27.6 Å². The normalized spacial score (nSPS) is 16.9. The zero-order valence-electron chi connectivity index (χ0n) is 50.8. The molecule has 0 aliphatic carbocycles. The van der Waals surface area contributed by atoms with E-state index in [0.29, 0.717) is 0 Å². The summed E-state index contributed by atoms with van der Waals surface area (Å²) in [6.45, 7) is 43.7. The highest BCUT2D eigenvalue weighted by molar-refractivity contribution is 6.14. The summed E-state index contributed by atoms with van der Waals surface area (Å²) in [7, 11) is 0. The van der Waals surface area contributed by atoms with Gasteiger partial charge in [-0.25, -0.2) is 4.98 Å². The molecular formula is C74H84N4O. The van der Waals surface area contributed by atoms with Crippen molar-refractivity contribution in [1.29, 1.82) is 0 Å². The first kappa shape index (κ1) is 55.1. The number of aliphatic imine (C=N–C) groups is 1. The Morgan fingerprint density at radius 1 is 0.494 bits per heavy atom. The summed E-state index contributed by atoms with van der Waals surface area (Å²) >= 11 is 0. The van der Waals surface area contributed by atoms with Crippen LogP contribution in [-0.2, 0) is 21.7 Å². The Labute approximate surface area is 473 Å². The van der Waals surface area contributed by atoms with E-state index in [9.17, 15) is 0 Å². The first-order valence-corrected chi connectivity index (χ1v) is 28.6. The van der Waals surface area contributed by atoms with E-state index < -0.39 is 11.1 Å². The van der Waals surface area contributed by atoms with Gasteiger partial charge in [0.2, 0.25) is 0 Å². The summed E-state index contributed by atoms with van der Waals surface area (Å²) < 4.78 is 7.52. The first-order chi connectivity index (χ1) is 37.0. The summed E-state index contributed by atoms with van der Waals surface area (Å²) in [6, 6.07) is 56.9. The van der Waals surface area contributed by atoms with Gasteiger partial charge in [-0.3, -0.25) is 9.89 Å². The maximum absolute atomic E-state index is 7.52. The smallest absolute Gasteiger partial charge is 0.137 e. The predicted molar refractivity (Wildman–Crippen MR) is 335 cm³/mol. The molecule has 5 heteroatoms. The molecule has 1 aromatic heterocycles. The molecule has 3 heterocycles. The topological polar surface area (TPSA) is 41.0 Å². The molecular weight excluding hydrogens is 961 g/mol. The number of nitrogens with zero attached hydrogens (tertiary/aromatic N) is 4. The Kier molecular flexibility index (Phi) is 13.6. The molecule has 2 aliphatic rings. The van der Waals surface area contributed by atoms with Crippen LogP contribution in [0, 0.1) is 34.6 Å². The molecule has 2 aliphatic heterocycles. The van der Waals surface area contributed by atoms with Crippen molar-refractivity contribution in [3.63, 3.8) is 0 Å². The van der Waals surface area contributed by atoms with Gasteiger partial charge in [0.05, 0.1) is 22.5 Å². The lowest BCUT2D eigenvalue weighted by molar-refractivity contribution is 0.279. The molecule has 79 heavy (non-hydrogen) atoms. The number of anilines is 4. The maximum atomic E-state index is 7.52. The highest BCUT2D eigenvalue weighted by Crippen LogP contribution is 2.56. The van der Waals surface area contributed by atoms with E-state index in [4.69, 9.17) is 14.7 Å². The van der Waals surface area contributed by atoms with Crippen molar-refractivity contribution in [3.8, 4) is 22.6 Å². The monoisotopic (exact) mass is 1040 g/mol. The van der Waals surface area contributed by atoms with Crippen LogP contribution in [0.25, 0.3) is 11.1 Å². The van der Waals surface area contributed by atoms with Crippen molar-refractivity contribution >= 4 is 28.7 Å². The molecule has 0 saturated heterocycles. The van der Waals surface area contributed by atoms with Crippen LogP contribution in [-0.4, -0.2) is 21.9 Å². The molecule has 5 nitrogen and oxygen atoms in total. The van der Waals surface area contributed by atoms with Gasteiger partial charge in [0.25, 0.3) is 0 Å². The van der Waals surface area contributed by atoms with E-state index in [1.54, 1.807) is 0 Å². The van der Waals surface area contributed by atoms with E-state index in [2.05, 4.69) is 293 Å². The van der Waals surface area contributed by atoms with Crippen LogP contribution in [0.15, 0.2) is 163 Å². The van der Waals surface area contributed by atoms with Crippen LogP contribution < -0.4 is 14.5 Å². The van der Waals surface area contributed by atoms with Gasteiger partial charge in [0.15, 0.2) is 0 Å². The van der Waals surface area contributed by atoms with Gasteiger partial charge in [0, 0.05) is 34.8 Å². The van der Waals surface area contributed by atoms with Crippen molar-refractivity contribution in [3.05, 3.63) is 230 Å². The van der Waals surface area contributed by atoms with Crippen molar-refractivity contribution < 1.29 is 4.74 Å². The maximum Gasteiger partial charge on any atom is 0.137 e. The molecule has 0 spiro atoms. The van der Waals surface area contributed by atoms with Crippen LogP contribution >= 0.6 is 0 Å². The average Bonchev–Trinajstić information content (AvgIpc) is 3.34. The number of rotatable bonds is 9. The third-order valence-corrected chi connectivity index (χ3v) is 17.5. The van der Waals surface area contributed by atoms with Crippen LogP contribution in [0.1, 0.15) is 175 Å². The predicted octanol–water partition coefficient (Wildman–Crippen LogP) is 19.7. The highest BCUT2D eigenvalue weighted by atomic mass is 16.5. The molecule has 0 saturated carbocycles. The van der Waals surface area contributed by atoms with Crippen molar-refractivity contribution in [1.82, 2.24) is 4.98 Å². The summed E-state index contributed by atoms with van der Waals surface area (Å²) in [5.41, 5.74) is 19.5. The molecule has 406 valence electrons. The zero-order chi connectivity index (χ0) is 56.9. The number of aryl methyl sites for hydroxylation is 5. The highest BCUT2D eigenvalue weighted by Gasteiger charge is 2.58. The first-order valence-electron chi connectivity index (χ1n) is 28.6. The van der Waals surface area contributed by atoms with Gasteiger partial charge in [-0.2, -0.15) is 0 Å². The Hall–Kier alpha value is -7.24. The average molecular weight is 1050 g/mol. The van der Waals surface area contributed by atoms with Gasteiger partial charge in [0.1, 0.15) is 23.2 Å². The second-order valence-corrected chi connectivity index (χ2v) is 27.4. The second kappa shape index (κ2) is 19.5. The van der Waals surface area contributed by atoms with E-state index >= 15 is 0 Å². The van der Waals surface area contributed by atoms with E-state index in [1.165, 1.54) is 66.8 Å². The van der Waals surface area contributed by atoms with Crippen molar-refractivity contribution in [2.45, 2.75) is 170 Å². The third kappa shape index (κ3) is 9.91. The Bertz CT molecular complexity index is 3580. The van der Waals surface area contributed by atoms with Gasteiger partial charge in [-0.05, 0) is 193 Å². The lowest BCUT2D eigenvalue weighted by Gasteiger charge is -2.50. The lowest BCUT2D eigenvalue weighted by Crippen LogP contribution is -2.60. The molecule has 8 aromatic rings. The van der Waals surface area contributed by atoms with E-state index in [0.717, 1.165) is 56.9 Å². The number of hydrogen-bond acceptors (Lipinski definition) is 5. The molecule has 0 bridgehead atoms. The summed E-state index contributed by atoms with van der Waals surface area (Å²) in [5, 5.41) is 0. The fraction of sp³-hybridized carbons (Fsp3) is 0.351. The molecule has 0 amide bonds. The van der Waals surface area contributed by atoms with Crippen LogP contribution in [0.3, 0.4) is 0 Å². The molecule has 0 radical (unpaired) electrons. The van der Waals surface area contributed by atoms with Crippen LogP contribution in [0.4, 0.5) is 22.9 Å². The third-order valence-electron chi connectivity index (χ3n) is 17.5. The molecule has 1 atom stereocenters. The fourth-order valence-electron chi connectivity index (χ4n) is 12.8. The number of hydrogen-bond donors (Lipinski definition) is 0. The standard InChI is InChI=1S/C74H84N4O/c1-46-30-31-62-60(36-46)72(15,16)61-37-48(3)64(45-63(61)77(62)65-44-55(32-33-75-65)69(6,7)8)79-59-39-53(66-49(4)34-47(2)35-50(66)5)38-54(40-59)68-76-73(17,18)74(19,67(51-26-22-20-23-27-51)52-28-24-21-25-29-52)78(68)58-42-56(70(9,10)11)41-57(43-58)71(12,13)14/h20-45,67H,1-19H3/t74-/m0/s1. The van der Waals surface area contributed by atoms with Gasteiger partial charge < -0.3 is 9.64 Å². The Morgan fingerprint density at radius 2 is 1.05 bits per heavy atom. The Balaban J connectivity index is 1.23. The number of aromatic nitrogens is 1. The zero-order valence-corrected chi connectivity index (χ0v) is 50.8. The quantitative estimate of drug-likeness (QED) is 0.144. The van der Waals surface area contributed by atoms with E-state index in [1.807, 2.05) is 6.20 Å². The van der Waals surface area contributed by atoms with Crippen molar-refractivity contribution in [2.24, 2.45) is 4.99 Å². The molecule has 0 fully saturated rings. The molecule has 7 aromatic carbocycles. The lowest BCUT2D eigenvalue weighted by atomic mass is 9.66. The summed E-state index contributed by atoms with van der Waals surface area (Å²) in [6.07, 6.45) is 1.96. The second-order valence-electron chi connectivity index (χ2n) is 27.4. The van der Waals surface area contributed by atoms with Crippen LogP contribution in [0.5, 0.6) is 11.5 Å². The van der Waals surface area contributed by atoms with Gasteiger partial charge >= 0.3 is 0 Å². The number of benzene rings is 7. The molecule has 0 unspecified atom stereocenters.